The third-order valence-corrected chi connectivity index (χ3v) is 5.28. The van der Waals surface area contributed by atoms with Crippen LogP contribution in [0, 0.1) is 12.8 Å². The van der Waals surface area contributed by atoms with Crippen molar-refractivity contribution in [2.75, 3.05) is 13.2 Å². The lowest BCUT2D eigenvalue weighted by molar-refractivity contribution is 0.0187. The van der Waals surface area contributed by atoms with E-state index in [9.17, 15) is 0 Å². The first-order valence-corrected chi connectivity index (χ1v) is 9.23. The van der Waals surface area contributed by atoms with Crippen molar-refractivity contribution in [2.45, 2.75) is 51.3 Å². The van der Waals surface area contributed by atoms with Gasteiger partial charge in [0, 0.05) is 19.2 Å². The highest BCUT2D eigenvalue weighted by Gasteiger charge is 2.36. The fraction of sp³-hybridized carbons (Fsp3) is 0.524. The van der Waals surface area contributed by atoms with Gasteiger partial charge in [0.05, 0.1) is 12.6 Å². The molecular weight excluding hydrogens is 298 g/mol. The molecule has 0 N–H and O–H groups in total. The third kappa shape index (κ3) is 3.90. The molecule has 0 unspecified atom stereocenters. The summed E-state index contributed by atoms with van der Waals surface area (Å²) < 4.78 is 12.1. The van der Waals surface area contributed by atoms with Crippen LogP contribution in [-0.4, -0.2) is 30.2 Å². The quantitative estimate of drug-likeness (QED) is 0.763. The average Bonchev–Trinajstić information content (AvgIpc) is 3.23. The number of rotatable bonds is 7. The van der Waals surface area contributed by atoms with Crippen LogP contribution in [0.5, 0.6) is 0 Å². The second-order valence-electron chi connectivity index (χ2n) is 7.34. The van der Waals surface area contributed by atoms with E-state index in [1.807, 2.05) is 6.92 Å². The number of ether oxygens (including phenoxy) is 1. The van der Waals surface area contributed by atoms with Crippen molar-refractivity contribution in [1.29, 1.82) is 0 Å². The van der Waals surface area contributed by atoms with E-state index in [-0.39, 0.29) is 0 Å². The molecule has 2 aliphatic rings. The highest BCUT2D eigenvalue weighted by atomic mass is 16.5. The van der Waals surface area contributed by atoms with Gasteiger partial charge in [-0.05, 0) is 56.2 Å². The van der Waals surface area contributed by atoms with Crippen molar-refractivity contribution in [3.63, 3.8) is 0 Å². The number of benzene rings is 1. The molecule has 2 heterocycles. The monoisotopic (exact) mass is 325 g/mol. The second kappa shape index (κ2) is 7.12. The molecule has 2 atom stereocenters. The Balaban J connectivity index is 1.46. The standard InChI is InChI=1S/C21H27NO2/c1-16-7-10-19(24-16)14-22-12-11-21(23-15-18-8-9-18)20(22)13-17-5-3-2-4-6-17/h2-7,10,18,20-21H,8-9,11-15H2,1H3/t20-,21+/m0/s1. The highest BCUT2D eigenvalue weighted by Crippen LogP contribution is 2.32. The number of furan rings is 1. The largest absolute Gasteiger partial charge is 0.465 e. The number of hydrogen-bond donors (Lipinski definition) is 0. The number of likely N-dealkylation sites (tertiary alicyclic amines) is 1. The molecule has 2 fully saturated rings. The van der Waals surface area contributed by atoms with Gasteiger partial charge in [0.2, 0.25) is 0 Å². The zero-order valence-corrected chi connectivity index (χ0v) is 14.5. The van der Waals surface area contributed by atoms with Gasteiger partial charge in [-0.25, -0.2) is 0 Å². The molecule has 0 radical (unpaired) electrons. The van der Waals surface area contributed by atoms with Gasteiger partial charge in [0.15, 0.2) is 0 Å². The zero-order chi connectivity index (χ0) is 16.4. The van der Waals surface area contributed by atoms with Crippen molar-refractivity contribution in [3.8, 4) is 0 Å². The van der Waals surface area contributed by atoms with Gasteiger partial charge >= 0.3 is 0 Å². The van der Waals surface area contributed by atoms with Gasteiger partial charge < -0.3 is 9.15 Å². The fourth-order valence-corrected chi connectivity index (χ4v) is 3.71. The predicted molar refractivity (Wildman–Crippen MR) is 94.9 cm³/mol. The average molecular weight is 325 g/mol. The predicted octanol–water partition coefficient (Wildman–Crippen LogP) is 4.20. The molecule has 128 valence electrons. The van der Waals surface area contributed by atoms with Crippen LogP contribution in [0.1, 0.15) is 36.3 Å². The van der Waals surface area contributed by atoms with Crippen LogP contribution in [0.25, 0.3) is 0 Å². The van der Waals surface area contributed by atoms with Crippen molar-refractivity contribution in [1.82, 2.24) is 4.90 Å². The maximum atomic E-state index is 6.31. The highest BCUT2D eigenvalue weighted by molar-refractivity contribution is 5.17. The van der Waals surface area contributed by atoms with Gasteiger partial charge in [-0.3, -0.25) is 4.90 Å². The molecular formula is C21H27NO2. The van der Waals surface area contributed by atoms with Crippen LogP contribution < -0.4 is 0 Å². The Morgan fingerprint density at radius 3 is 2.62 bits per heavy atom. The number of aryl methyl sites for hydroxylation is 1. The fourth-order valence-electron chi connectivity index (χ4n) is 3.71. The molecule has 0 amide bonds. The van der Waals surface area contributed by atoms with Crippen molar-refractivity contribution in [2.24, 2.45) is 5.92 Å². The van der Waals surface area contributed by atoms with E-state index in [1.54, 1.807) is 0 Å². The van der Waals surface area contributed by atoms with Crippen LogP contribution in [0.15, 0.2) is 46.9 Å². The van der Waals surface area contributed by atoms with Gasteiger partial charge in [0.25, 0.3) is 0 Å². The Morgan fingerprint density at radius 2 is 1.92 bits per heavy atom. The van der Waals surface area contributed by atoms with Crippen LogP contribution in [0.4, 0.5) is 0 Å². The summed E-state index contributed by atoms with van der Waals surface area (Å²) in [6.45, 7) is 4.93. The van der Waals surface area contributed by atoms with E-state index in [1.165, 1.54) is 18.4 Å². The van der Waals surface area contributed by atoms with E-state index >= 15 is 0 Å². The maximum Gasteiger partial charge on any atom is 0.118 e. The lowest BCUT2D eigenvalue weighted by Crippen LogP contribution is -2.38. The summed E-state index contributed by atoms with van der Waals surface area (Å²) in [4.78, 5) is 2.54. The summed E-state index contributed by atoms with van der Waals surface area (Å²) in [7, 11) is 0. The Kier molecular flexibility index (Phi) is 4.72. The molecule has 1 saturated heterocycles. The minimum Gasteiger partial charge on any atom is -0.465 e. The van der Waals surface area contributed by atoms with E-state index in [2.05, 4.69) is 47.4 Å². The summed E-state index contributed by atoms with van der Waals surface area (Å²) >= 11 is 0. The van der Waals surface area contributed by atoms with Gasteiger partial charge in [-0.1, -0.05) is 30.3 Å². The first-order valence-electron chi connectivity index (χ1n) is 9.23. The van der Waals surface area contributed by atoms with Crippen LogP contribution in [0.2, 0.25) is 0 Å². The SMILES string of the molecule is Cc1ccc(CN2CC[C@@H](OCC3CC3)[C@@H]2Cc2ccccc2)o1. The Bertz CT molecular complexity index is 647. The maximum absolute atomic E-state index is 6.31. The van der Waals surface area contributed by atoms with Crippen molar-refractivity contribution in [3.05, 3.63) is 59.5 Å². The second-order valence-corrected chi connectivity index (χ2v) is 7.34. The molecule has 1 aliphatic carbocycles. The molecule has 1 aromatic carbocycles. The summed E-state index contributed by atoms with van der Waals surface area (Å²) in [6, 6.07) is 15.4. The van der Waals surface area contributed by atoms with Gasteiger partial charge in [-0.15, -0.1) is 0 Å². The molecule has 1 aromatic heterocycles. The van der Waals surface area contributed by atoms with E-state index in [0.29, 0.717) is 12.1 Å². The summed E-state index contributed by atoms with van der Waals surface area (Å²) in [5, 5.41) is 0. The zero-order valence-electron chi connectivity index (χ0n) is 14.5. The Morgan fingerprint density at radius 1 is 1.08 bits per heavy atom. The Hall–Kier alpha value is -1.58. The van der Waals surface area contributed by atoms with Crippen molar-refractivity contribution < 1.29 is 9.15 Å². The number of nitrogens with zero attached hydrogens (tertiary/aromatic N) is 1. The van der Waals surface area contributed by atoms with Crippen LogP contribution >= 0.6 is 0 Å². The van der Waals surface area contributed by atoms with Crippen LogP contribution in [0.3, 0.4) is 0 Å². The number of hydrogen-bond acceptors (Lipinski definition) is 3. The first-order chi connectivity index (χ1) is 11.8. The van der Waals surface area contributed by atoms with Gasteiger partial charge in [0.1, 0.15) is 11.5 Å². The molecule has 3 heteroatoms. The molecule has 3 nitrogen and oxygen atoms in total. The molecule has 1 aliphatic heterocycles. The lowest BCUT2D eigenvalue weighted by atomic mass is 10.0. The Labute approximate surface area is 144 Å². The third-order valence-electron chi connectivity index (χ3n) is 5.28. The molecule has 2 aromatic rings. The summed E-state index contributed by atoms with van der Waals surface area (Å²) in [6.07, 6.45) is 5.23. The smallest absolute Gasteiger partial charge is 0.118 e. The normalized spacial score (nSPS) is 24.5. The van der Waals surface area contributed by atoms with E-state index in [0.717, 1.165) is 50.0 Å². The first kappa shape index (κ1) is 15.9. The molecule has 24 heavy (non-hydrogen) atoms. The summed E-state index contributed by atoms with van der Waals surface area (Å²) in [5.41, 5.74) is 1.39. The topological polar surface area (TPSA) is 25.6 Å². The van der Waals surface area contributed by atoms with E-state index in [4.69, 9.17) is 9.15 Å². The summed E-state index contributed by atoms with van der Waals surface area (Å²) in [5.74, 6) is 2.88. The molecule has 0 bridgehead atoms. The van der Waals surface area contributed by atoms with Crippen molar-refractivity contribution >= 4 is 0 Å². The molecule has 0 spiro atoms. The minimum atomic E-state index is 0.349. The molecule has 4 rings (SSSR count). The molecule has 1 saturated carbocycles. The lowest BCUT2D eigenvalue weighted by Gasteiger charge is -2.28. The van der Waals surface area contributed by atoms with Gasteiger partial charge in [-0.2, -0.15) is 0 Å². The van der Waals surface area contributed by atoms with E-state index < -0.39 is 0 Å². The van der Waals surface area contributed by atoms with Crippen LogP contribution in [-0.2, 0) is 17.7 Å². The minimum absolute atomic E-state index is 0.349.